The molecule has 0 atom stereocenters. The van der Waals surface area contributed by atoms with E-state index in [2.05, 4.69) is 64.4 Å². The normalized spacial score (nSPS) is 26.4. The zero-order valence-corrected chi connectivity index (χ0v) is 40.9. The summed E-state index contributed by atoms with van der Waals surface area (Å²) >= 11 is 5.35. The van der Waals surface area contributed by atoms with Gasteiger partial charge in [0.15, 0.2) is 0 Å². The van der Waals surface area contributed by atoms with E-state index in [1.54, 1.807) is 154 Å². The first-order chi connectivity index (χ1) is 26.8. The molecule has 0 bridgehead atoms. The first-order valence-corrected chi connectivity index (χ1v) is 30.5. The van der Waals surface area contributed by atoms with E-state index in [4.69, 9.17) is 9.31 Å². The second-order valence-electron chi connectivity index (χ2n) is 19.6. The molecule has 1 aromatic carbocycles. The van der Waals surface area contributed by atoms with Gasteiger partial charge in [-0.15, -0.1) is 5.46 Å². The van der Waals surface area contributed by atoms with Crippen LogP contribution in [0.2, 0.25) is 0 Å². The molecule has 7 heteroatoms. The summed E-state index contributed by atoms with van der Waals surface area (Å²) in [7, 11) is 0.499. The van der Waals surface area contributed by atoms with E-state index in [0.717, 1.165) is 5.46 Å². The molecule has 0 radical (unpaired) electrons. The Labute approximate surface area is 361 Å². The minimum atomic E-state index is -0.271. The van der Waals surface area contributed by atoms with Crippen LogP contribution in [0.3, 0.4) is 0 Å². The van der Waals surface area contributed by atoms with Crippen LogP contribution in [0.15, 0.2) is 24.3 Å². The molecule has 8 rings (SSSR count). The fourth-order valence-corrected chi connectivity index (χ4v) is 20.9. The molecule has 316 valence electrons. The molecule has 2 nitrogen and oxygen atoms in total. The van der Waals surface area contributed by atoms with Crippen LogP contribution >= 0.6 is 29.3 Å². The number of halogens is 1. The average molecular weight is 950 g/mol. The predicted octanol–water partition coefficient (Wildman–Crippen LogP) is 15.6. The van der Waals surface area contributed by atoms with Crippen LogP contribution in [0.5, 0.6) is 0 Å². The number of benzene rings is 1. The zero-order valence-electron chi connectivity index (χ0n) is 36.0. The van der Waals surface area contributed by atoms with E-state index in [0.29, 0.717) is 15.8 Å². The van der Waals surface area contributed by atoms with Gasteiger partial charge in [0.25, 0.3) is 0 Å². The van der Waals surface area contributed by atoms with Crippen molar-refractivity contribution in [3.05, 3.63) is 30.3 Å². The van der Waals surface area contributed by atoms with E-state index in [9.17, 15) is 0 Å². The van der Waals surface area contributed by atoms with Crippen LogP contribution in [0.25, 0.3) is 0 Å². The third kappa shape index (κ3) is 14.4. The zero-order chi connectivity index (χ0) is 38.9. The van der Waals surface area contributed by atoms with Gasteiger partial charge in [-0.1, -0.05) is 131 Å². The molecule has 0 unspecified atom stereocenters. The van der Waals surface area contributed by atoms with Crippen molar-refractivity contribution >= 4 is 41.9 Å². The van der Waals surface area contributed by atoms with Crippen LogP contribution in [-0.2, 0) is 26.5 Å². The van der Waals surface area contributed by atoms with Gasteiger partial charge in [0.1, 0.15) is 0 Å². The standard InChI is InChI=1S/2C18H33P.C12H16BO2.BrH.Pd/c2*1-4-10-16(11-5-1)19(17-12-6-2-7-13-17)18-14-8-3-9-15-18;1-11(2)12(3,4)15-13(14-11)10-8-6-5-7-9-10;;/h2*16-18H,1-15H2;5-6,8-9H,1-4H3;1H;/q;;-1;;+2/p-1. The summed E-state index contributed by atoms with van der Waals surface area (Å²) in [6, 6.07) is 10.8. The molecular formula is C48H82BBrO2P2Pd. The van der Waals surface area contributed by atoms with Gasteiger partial charge in [0.05, 0.1) is 11.2 Å². The summed E-state index contributed by atoms with van der Waals surface area (Å²) < 4.78 is 11.8. The van der Waals surface area contributed by atoms with Gasteiger partial charge in [-0.3, -0.25) is 0 Å². The molecule has 0 aromatic heterocycles. The van der Waals surface area contributed by atoms with Gasteiger partial charge >= 0.3 is 37.7 Å². The Bertz CT molecular complexity index is 982. The Kier molecular flexibility index (Phi) is 21.7. The van der Waals surface area contributed by atoms with E-state index in [1.807, 2.05) is 24.3 Å². The first kappa shape index (κ1) is 47.3. The average Bonchev–Trinajstić information content (AvgIpc) is 3.48. The van der Waals surface area contributed by atoms with E-state index < -0.39 is 0 Å². The summed E-state index contributed by atoms with van der Waals surface area (Å²) in [4.78, 5) is 0. The molecule has 0 spiro atoms. The molecule has 55 heavy (non-hydrogen) atoms. The van der Waals surface area contributed by atoms with Crippen LogP contribution in [0.4, 0.5) is 0 Å². The first-order valence-electron chi connectivity index (χ1n) is 23.8. The molecule has 1 heterocycles. The monoisotopic (exact) mass is 948 g/mol. The SMILES string of the molecule is C1CCC(P(C2CCCCC2)C2CCCCC2)CC1.C1CCC(P(C2CCCCC2)C2CCCCC2)CC1.CC1(C)OB(c2c[c-]ccc2)OC1(C)C.[Br][Pd+]. The fourth-order valence-electron chi connectivity index (χ4n) is 11.6. The van der Waals surface area contributed by atoms with Crippen molar-refractivity contribution in [1.82, 2.24) is 0 Å². The summed E-state index contributed by atoms with van der Waals surface area (Å²) in [5.41, 5.74) is 7.62. The van der Waals surface area contributed by atoms with E-state index in [-0.39, 0.29) is 18.3 Å². The molecule has 0 N–H and O–H groups in total. The van der Waals surface area contributed by atoms with Gasteiger partial charge in [0, 0.05) is 0 Å². The Hall–Kier alpha value is 1.21. The van der Waals surface area contributed by atoms with Crippen molar-refractivity contribution in [3.63, 3.8) is 0 Å². The molecule has 1 aromatic rings. The van der Waals surface area contributed by atoms with Crippen molar-refractivity contribution in [1.29, 1.82) is 0 Å². The van der Waals surface area contributed by atoms with Crippen molar-refractivity contribution < 1.29 is 26.5 Å². The van der Waals surface area contributed by atoms with Crippen LogP contribution in [0.1, 0.15) is 220 Å². The second kappa shape index (κ2) is 25.2. The molecule has 0 amide bonds. The third-order valence-electron chi connectivity index (χ3n) is 15.2. The Morgan fingerprint density at radius 3 is 0.964 bits per heavy atom. The Balaban J connectivity index is 0.000000156. The van der Waals surface area contributed by atoms with Gasteiger partial charge < -0.3 is 9.31 Å². The fraction of sp³-hybridized carbons (Fsp3) is 0.875. The van der Waals surface area contributed by atoms with Crippen LogP contribution in [0, 0.1) is 6.07 Å². The molecule has 1 saturated heterocycles. The third-order valence-corrected chi connectivity index (χ3v) is 23.4. The molecule has 1 aliphatic heterocycles. The minimum absolute atomic E-state index is 0.270. The van der Waals surface area contributed by atoms with Crippen molar-refractivity contribution in [2.24, 2.45) is 0 Å². The Morgan fingerprint density at radius 2 is 0.745 bits per heavy atom. The second-order valence-corrected chi connectivity index (χ2v) is 25.7. The van der Waals surface area contributed by atoms with Gasteiger partial charge in [0.2, 0.25) is 0 Å². The quantitative estimate of drug-likeness (QED) is 0.154. The van der Waals surface area contributed by atoms with Crippen molar-refractivity contribution in [2.75, 3.05) is 0 Å². The van der Waals surface area contributed by atoms with E-state index in [1.165, 1.54) is 72.5 Å². The molecule has 6 saturated carbocycles. The maximum atomic E-state index is 5.91. The van der Waals surface area contributed by atoms with Gasteiger partial charge in [-0.25, -0.2) is 0 Å². The van der Waals surface area contributed by atoms with Crippen LogP contribution in [-0.4, -0.2) is 52.3 Å². The summed E-state index contributed by atoms with van der Waals surface area (Å²) in [6.07, 6.45) is 47.2. The molecule has 7 fully saturated rings. The van der Waals surface area contributed by atoms with Crippen LogP contribution < -0.4 is 5.46 Å². The topological polar surface area (TPSA) is 18.5 Å². The summed E-state index contributed by atoms with van der Waals surface area (Å²) in [5.74, 6) is 0. The van der Waals surface area contributed by atoms with E-state index >= 15 is 0 Å². The number of hydrogen-bond acceptors (Lipinski definition) is 2. The summed E-state index contributed by atoms with van der Waals surface area (Å²) in [6.45, 7) is 8.22. The van der Waals surface area contributed by atoms with Gasteiger partial charge in [-0.05, 0) is 139 Å². The Morgan fingerprint density at radius 1 is 0.491 bits per heavy atom. The maximum absolute atomic E-state index is 5.91. The molecule has 7 aliphatic rings. The molecule has 6 aliphatic carbocycles. The number of hydrogen-bond donors (Lipinski definition) is 0. The predicted molar refractivity (Wildman–Crippen MR) is 245 cm³/mol. The van der Waals surface area contributed by atoms with Crippen molar-refractivity contribution in [2.45, 2.75) is 265 Å². The summed E-state index contributed by atoms with van der Waals surface area (Å²) in [5, 5.41) is 0. The van der Waals surface area contributed by atoms with Gasteiger partial charge in [-0.2, -0.15) is 30.3 Å². The van der Waals surface area contributed by atoms with Crippen molar-refractivity contribution in [3.8, 4) is 0 Å². The number of rotatable bonds is 7. The molecular weight excluding hydrogens is 868 g/mol.